The number of nitrogens with zero attached hydrogens (tertiary/aromatic N) is 2. The predicted molar refractivity (Wildman–Crippen MR) is 112 cm³/mol. The van der Waals surface area contributed by atoms with Crippen molar-refractivity contribution in [3.63, 3.8) is 0 Å². The lowest BCUT2D eigenvalue weighted by molar-refractivity contribution is 0.122. The summed E-state index contributed by atoms with van der Waals surface area (Å²) < 4.78 is 5.41. The number of hydrogen-bond donors (Lipinski definition) is 1. The summed E-state index contributed by atoms with van der Waals surface area (Å²) in [5, 5.41) is 4.25. The summed E-state index contributed by atoms with van der Waals surface area (Å²) in [6.07, 6.45) is 0. The lowest BCUT2D eigenvalue weighted by Gasteiger charge is -2.29. The largest absolute Gasteiger partial charge is 0.381 e. The topological polar surface area (TPSA) is 27.7 Å². The Hall–Kier alpha value is -1.91. The molecule has 0 aliphatic carbocycles. The average molecular weight is 374 g/mol. The third-order valence-corrected chi connectivity index (χ3v) is 5.16. The van der Waals surface area contributed by atoms with Crippen molar-refractivity contribution in [3.8, 4) is 0 Å². The summed E-state index contributed by atoms with van der Waals surface area (Å²) in [5.41, 5.74) is 4.66. The normalized spacial score (nSPS) is 14.3. The first-order chi connectivity index (χ1) is 12.7. The second kappa shape index (κ2) is 9.15. The minimum absolute atomic E-state index is 0.764. The van der Waals surface area contributed by atoms with E-state index in [0.717, 1.165) is 62.3 Å². The summed E-state index contributed by atoms with van der Waals surface area (Å²) in [5.74, 6) is 0. The van der Waals surface area contributed by atoms with Crippen molar-refractivity contribution in [2.24, 2.45) is 0 Å². The summed E-state index contributed by atoms with van der Waals surface area (Å²) >= 11 is 6.50. The first-order valence-corrected chi connectivity index (χ1v) is 9.79. The molecule has 0 aromatic heterocycles. The maximum absolute atomic E-state index is 6.50. The summed E-state index contributed by atoms with van der Waals surface area (Å²) in [7, 11) is 0. The van der Waals surface area contributed by atoms with E-state index >= 15 is 0 Å². The standard InChI is InChI=1S/C21H28ClN3O/c1-3-24(4-2)19-8-5-17(6-9-19)16-23-18-7-10-21(20(22)15-18)25-11-13-26-14-12-25/h5-10,15,23H,3-4,11-14,16H2,1-2H3. The molecule has 2 aromatic rings. The van der Waals surface area contributed by atoms with Crippen LogP contribution >= 0.6 is 11.6 Å². The number of halogens is 1. The third kappa shape index (κ3) is 4.63. The number of morpholine rings is 1. The minimum atomic E-state index is 0.764. The van der Waals surface area contributed by atoms with Crippen LogP contribution < -0.4 is 15.1 Å². The molecule has 0 saturated carbocycles. The molecule has 5 heteroatoms. The molecular weight excluding hydrogens is 346 g/mol. The van der Waals surface area contributed by atoms with Crippen molar-refractivity contribution < 1.29 is 4.74 Å². The van der Waals surface area contributed by atoms with Gasteiger partial charge in [0.05, 0.1) is 23.9 Å². The van der Waals surface area contributed by atoms with Crippen LogP contribution in [0.2, 0.25) is 5.02 Å². The predicted octanol–water partition coefficient (Wildman–Crippen LogP) is 4.63. The van der Waals surface area contributed by atoms with Crippen LogP contribution in [0.3, 0.4) is 0 Å². The van der Waals surface area contributed by atoms with Gasteiger partial charge >= 0.3 is 0 Å². The first kappa shape index (κ1) is 18.9. The fourth-order valence-corrected chi connectivity index (χ4v) is 3.60. The van der Waals surface area contributed by atoms with E-state index in [1.807, 2.05) is 6.07 Å². The lowest BCUT2D eigenvalue weighted by Crippen LogP contribution is -2.36. The molecule has 0 radical (unpaired) electrons. The van der Waals surface area contributed by atoms with Gasteiger partial charge in [-0.2, -0.15) is 0 Å². The van der Waals surface area contributed by atoms with Gasteiger partial charge in [0.15, 0.2) is 0 Å². The Kier molecular flexibility index (Phi) is 6.64. The quantitative estimate of drug-likeness (QED) is 0.765. The molecule has 1 N–H and O–H groups in total. The van der Waals surface area contributed by atoms with E-state index in [0.29, 0.717) is 0 Å². The Morgan fingerprint density at radius 2 is 1.73 bits per heavy atom. The van der Waals surface area contributed by atoms with Gasteiger partial charge in [0.25, 0.3) is 0 Å². The van der Waals surface area contributed by atoms with Gasteiger partial charge in [-0.25, -0.2) is 0 Å². The van der Waals surface area contributed by atoms with Crippen molar-refractivity contribution in [3.05, 3.63) is 53.1 Å². The van der Waals surface area contributed by atoms with E-state index in [9.17, 15) is 0 Å². The molecule has 0 bridgehead atoms. The number of ether oxygens (including phenoxy) is 1. The molecule has 0 amide bonds. The lowest BCUT2D eigenvalue weighted by atomic mass is 10.2. The van der Waals surface area contributed by atoms with Gasteiger partial charge in [0, 0.05) is 44.1 Å². The number of nitrogens with one attached hydrogen (secondary N) is 1. The summed E-state index contributed by atoms with van der Waals surface area (Å²) in [6, 6.07) is 15.0. The van der Waals surface area contributed by atoms with Crippen LogP contribution in [0.5, 0.6) is 0 Å². The summed E-state index contributed by atoms with van der Waals surface area (Å²) in [4.78, 5) is 4.63. The summed E-state index contributed by atoms with van der Waals surface area (Å²) in [6.45, 7) is 10.5. The van der Waals surface area contributed by atoms with E-state index < -0.39 is 0 Å². The van der Waals surface area contributed by atoms with Crippen LogP contribution in [0.25, 0.3) is 0 Å². The second-order valence-corrected chi connectivity index (χ2v) is 6.87. The van der Waals surface area contributed by atoms with Gasteiger partial charge in [0.1, 0.15) is 0 Å². The van der Waals surface area contributed by atoms with Crippen molar-refractivity contribution in [1.82, 2.24) is 0 Å². The van der Waals surface area contributed by atoms with E-state index in [-0.39, 0.29) is 0 Å². The zero-order chi connectivity index (χ0) is 18.4. The fraction of sp³-hybridized carbons (Fsp3) is 0.429. The van der Waals surface area contributed by atoms with Crippen molar-refractivity contribution in [2.45, 2.75) is 20.4 Å². The molecular formula is C21H28ClN3O. The highest BCUT2D eigenvalue weighted by Crippen LogP contribution is 2.29. The smallest absolute Gasteiger partial charge is 0.0660 e. The van der Waals surface area contributed by atoms with Gasteiger partial charge in [-0.05, 0) is 49.7 Å². The molecule has 4 nitrogen and oxygen atoms in total. The molecule has 26 heavy (non-hydrogen) atoms. The zero-order valence-corrected chi connectivity index (χ0v) is 16.4. The van der Waals surface area contributed by atoms with Crippen LogP contribution in [0.1, 0.15) is 19.4 Å². The van der Waals surface area contributed by atoms with Crippen LogP contribution in [0.15, 0.2) is 42.5 Å². The van der Waals surface area contributed by atoms with Gasteiger partial charge in [-0.15, -0.1) is 0 Å². The first-order valence-electron chi connectivity index (χ1n) is 9.41. The SMILES string of the molecule is CCN(CC)c1ccc(CNc2ccc(N3CCOCC3)c(Cl)c2)cc1. The van der Waals surface area contributed by atoms with Crippen LogP contribution in [-0.4, -0.2) is 39.4 Å². The third-order valence-electron chi connectivity index (χ3n) is 4.86. The molecule has 1 aliphatic heterocycles. The van der Waals surface area contributed by atoms with Crippen molar-refractivity contribution in [1.29, 1.82) is 0 Å². The Morgan fingerprint density at radius 3 is 2.35 bits per heavy atom. The molecule has 0 spiro atoms. The highest BCUT2D eigenvalue weighted by molar-refractivity contribution is 6.33. The number of hydrogen-bond acceptors (Lipinski definition) is 4. The molecule has 140 valence electrons. The van der Waals surface area contributed by atoms with Crippen molar-refractivity contribution in [2.75, 3.05) is 54.5 Å². The minimum Gasteiger partial charge on any atom is -0.381 e. The maximum Gasteiger partial charge on any atom is 0.0660 e. The van der Waals surface area contributed by atoms with Crippen LogP contribution in [0, 0.1) is 0 Å². The Bertz CT molecular complexity index is 695. The molecule has 1 heterocycles. The fourth-order valence-electron chi connectivity index (χ4n) is 3.30. The molecule has 1 fully saturated rings. The van der Waals surface area contributed by atoms with Gasteiger partial charge < -0.3 is 19.9 Å². The highest BCUT2D eigenvalue weighted by Gasteiger charge is 2.14. The second-order valence-electron chi connectivity index (χ2n) is 6.46. The highest BCUT2D eigenvalue weighted by atomic mass is 35.5. The zero-order valence-electron chi connectivity index (χ0n) is 15.7. The average Bonchev–Trinajstić information content (AvgIpc) is 2.69. The van der Waals surface area contributed by atoms with Gasteiger partial charge in [-0.3, -0.25) is 0 Å². The monoisotopic (exact) mass is 373 g/mol. The van der Waals surface area contributed by atoms with E-state index in [1.165, 1.54) is 11.3 Å². The molecule has 1 aliphatic rings. The molecule has 3 rings (SSSR count). The van der Waals surface area contributed by atoms with Gasteiger partial charge in [0.2, 0.25) is 0 Å². The Balaban J connectivity index is 1.60. The molecule has 2 aromatic carbocycles. The molecule has 0 atom stereocenters. The Morgan fingerprint density at radius 1 is 1.04 bits per heavy atom. The van der Waals surface area contributed by atoms with Crippen molar-refractivity contribution >= 4 is 28.7 Å². The number of anilines is 3. The molecule has 1 saturated heterocycles. The number of benzene rings is 2. The maximum atomic E-state index is 6.50. The van der Waals surface area contributed by atoms with Crippen LogP contribution in [-0.2, 0) is 11.3 Å². The Labute approximate surface area is 161 Å². The molecule has 0 unspecified atom stereocenters. The van der Waals surface area contributed by atoms with Gasteiger partial charge in [-0.1, -0.05) is 23.7 Å². The van der Waals surface area contributed by atoms with E-state index in [4.69, 9.17) is 16.3 Å². The number of rotatable bonds is 7. The van der Waals surface area contributed by atoms with E-state index in [2.05, 4.69) is 65.4 Å². The van der Waals surface area contributed by atoms with Crippen LogP contribution in [0.4, 0.5) is 17.1 Å². The van der Waals surface area contributed by atoms with E-state index in [1.54, 1.807) is 0 Å².